The lowest BCUT2D eigenvalue weighted by Gasteiger charge is -1.95. The van der Waals surface area contributed by atoms with E-state index in [4.69, 9.17) is 0 Å². The zero-order valence-electron chi connectivity index (χ0n) is 7.90. The van der Waals surface area contributed by atoms with Crippen LogP contribution in [-0.4, -0.2) is 7.05 Å². The van der Waals surface area contributed by atoms with Gasteiger partial charge in [0, 0.05) is 7.05 Å². The summed E-state index contributed by atoms with van der Waals surface area (Å²) in [6, 6.07) is 0. The molecule has 0 aliphatic heterocycles. The highest BCUT2D eigenvalue weighted by Crippen LogP contribution is 2.04. The Hall–Kier alpha value is -0.460. The Morgan fingerprint density at radius 1 is 1.09 bits per heavy atom. The summed E-state index contributed by atoms with van der Waals surface area (Å²) in [4.78, 5) is 0. The molecule has 0 unspecified atom stereocenters. The second kappa shape index (κ2) is 9.54. The summed E-state index contributed by atoms with van der Waals surface area (Å²) >= 11 is 0. The molecule has 11 heavy (non-hydrogen) atoms. The minimum absolute atomic E-state index is 1.23. The fourth-order valence-corrected chi connectivity index (χ4v) is 1.07. The van der Waals surface area contributed by atoms with Crippen LogP contribution in [-0.2, 0) is 0 Å². The maximum absolute atomic E-state index is 2.99. The van der Waals surface area contributed by atoms with Crippen molar-refractivity contribution in [1.82, 2.24) is 5.32 Å². The van der Waals surface area contributed by atoms with Gasteiger partial charge >= 0.3 is 0 Å². The first-order valence-corrected chi connectivity index (χ1v) is 4.74. The average molecular weight is 155 g/mol. The average Bonchev–Trinajstić information content (AvgIpc) is 2.03. The third-order valence-electron chi connectivity index (χ3n) is 1.76. The summed E-state index contributed by atoms with van der Waals surface area (Å²) in [5.41, 5.74) is 0. The Kier molecular flexibility index (Phi) is 9.14. The smallest absolute Gasteiger partial charge is 0.00276 e. The summed E-state index contributed by atoms with van der Waals surface area (Å²) in [6.45, 7) is 2.25. The molecule has 0 atom stereocenters. The summed E-state index contributed by atoms with van der Waals surface area (Å²) in [5.74, 6) is 0. The Bertz CT molecular complexity index is 86.9. The molecule has 0 aromatic carbocycles. The van der Waals surface area contributed by atoms with Crippen molar-refractivity contribution in [1.29, 1.82) is 0 Å². The van der Waals surface area contributed by atoms with E-state index in [-0.39, 0.29) is 0 Å². The zero-order chi connectivity index (χ0) is 8.36. The topological polar surface area (TPSA) is 12.0 Å². The van der Waals surface area contributed by atoms with Crippen molar-refractivity contribution in [3.8, 4) is 0 Å². The molecule has 0 radical (unpaired) electrons. The molecule has 0 fully saturated rings. The lowest BCUT2D eigenvalue weighted by atomic mass is 10.1. The van der Waals surface area contributed by atoms with E-state index in [1.54, 1.807) is 0 Å². The van der Waals surface area contributed by atoms with Crippen molar-refractivity contribution in [2.24, 2.45) is 0 Å². The largest absolute Gasteiger partial charge is 0.394 e. The van der Waals surface area contributed by atoms with Gasteiger partial charge in [0.15, 0.2) is 0 Å². The van der Waals surface area contributed by atoms with Crippen molar-refractivity contribution >= 4 is 0 Å². The first-order valence-electron chi connectivity index (χ1n) is 4.74. The second-order valence-electron chi connectivity index (χ2n) is 2.89. The summed E-state index contributed by atoms with van der Waals surface area (Å²) < 4.78 is 0. The fourth-order valence-electron chi connectivity index (χ4n) is 1.07. The molecule has 66 valence electrons. The van der Waals surface area contributed by atoms with Gasteiger partial charge in [-0.1, -0.05) is 38.7 Å². The van der Waals surface area contributed by atoms with Gasteiger partial charge in [0.05, 0.1) is 0 Å². The van der Waals surface area contributed by atoms with Crippen LogP contribution in [0.25, 0.3) is 0 Å². The van der Waals surface area contributed by atoms with Gasteiger partial charge in [0.1, 0.15) is 0 Å². The highest BCUT2D eigenvalue weighted by Gasteiger charge is 1.85. The number of allylic oxidation sites excluding steroid dienone is 1. The number of unbranched alkanes of at least 4 members (excludes halogenated alkanes) is 5. The van der Waals surface area contributed by atoms with Gasteiger partial charge in [-0.3, -0.25) is 0 Å². The second-order valence-corrected chi connectivity index (χ2v) is 2.89. The van der Waals surface area contributed by atoms with Gasteiger partial charge in [0.25, 0.3) is 0 Å². The number of hydrogen-bond donors (Lipinski definition) is 1. The van der Waals surface area contributed by atoms with E-state index >= 15 is 0 Å². The maximum Gasteiger partial charge on any atom is 0.00276 e. The molecule has 1 heteroatoms. The summed E-state index contributed by atoms with van der Waals surface area (Å²) in [5, 5.41) is 2.99. The van der Waals surface area contributed by atoms with E-state index < -0.39 is 0 Å². The van der Waals surface area contributed by atoms with Crippen molar-refractivity contribution in [2.45, 2.75) is 45.4 Å². The molecule has 0 saturated carbocycles. The van der Waals surface area contributed by atoms with Crippen molar-refractivity contribution in [3.63, 3.8) is 0 Å². The summed E-state index contributed by atoms with van der Waals surface area (Å²) in [6.07, 6.45) is 12.3. The molecule has 0 aromatic rings. The van der Waals surface area contributed by atoms with E-state index in [9.17, 15) is 0 Å². The summed E-state index contributed by atoms with van der Waals surface area (Å²) in [7, 11) is 1.94. The first-order chi connectivity index (χ1) is 5.41. The molecule has 0 aromatic heterocycles. The van der Waals surface area contributed by atoms with Crippen LogP contribution >= 0.6 is 0 Å². The fraction of sp³-hybridized carbons (Fsp3) is 0.800. The minimum Gasteiger partial charge on any atom is -0.394 e. The van der Waals surface area contributed by atoms with Crippen LogP contribution in [0.5, 0.6) is 0 Å². The Balaban J connectivity index is 2.85. The van der Waals surface area contributed by atoms with Gasteiger partial charge in [-0.05, 0) is 19.0 Å². The van der Waals surface area contributed by atoms with Gasteiger partial charge in [-0.15, -0.1) is 0 Å². The molecular formula is C10H21N. The monoisotopic (exact) mass is 155 g/mol. The quantitative estimate of drug-likeness (QED) is 0.557. The van der Waals surface area contributed by atoms with Crippen molar-refractivity contribution in [2.75, 3.05) is 7.05 Å². The van der Waals surface area contributed by atoms with Gasteiger partial charge < -0.3 is 5.32 Å². The predicted molar refractivity (Wildman–Crippen MR) is 51.6 cm³/mol. The Morgan fingerprint density at radius 3 is 2.45 bits per heavy atom. The maximum atomic E-state index is 2.99. The van der Waals surface area contributed by atoms with Crippen LogP contribution in [0.1, 0.15) is 45.4 Å². The Labute approximate surface area is 70.9 Å². The van der Waals surface area contributed by atoms with Gasteiger partial charge in [0.2, 0.25) is 0 Å². The third kappa shape index (κ3) is 9.54. The third-order valence-corrected chi connectivity index (χ3v) is 1.76. The lowest BCUT2D eigenvalue weighted by molar-refractivity contribution is 0.637. The molecule has 0 heterocycles. The Morgan fingerprint density at radius 2 is 1.82 bits per heavy atom. The van der Waals surface area contributed by atoms with Crippen LogP contribution in [0.3, 0.4) is 0 Å². The van der Waals surface area contributed by atoms with Gasteiger partial charge in [-0.2, -0.15) is 0 Å². The molecule has 1 nitrogen and oxygen atoms in total. The van der Waals surface area contributed by atoms with E-state index in [1.165, 1.54) is 38.5 Å². The van der Waals surface area contributed by atoms with Crippen LogP contribution in [0.2, 0.25) is 0 Å². The molecule has 0 aliphatic carbocycles. The molecule has 0 bridgehead atoms. The van der Waals surface area contributed by atoms with Crippen molar-refractivity contribution in [3.05, 3.63) is 12.3 Å². The molecule has 0 amide bonds. The zero-order valence-corrected chi connectivity index (χ0v) is 7.90. The van der Waals surface area contributed by atoms with Crippen molar-refractivity contribution < 1.29 is 0 Å². The van der Waals surface area contributed by atoms with E-state index in [0.29, 0.717) is 0 Å². The van der Waals surface area contributed by atoms with Gasteiger partial charge in [-0.25, -0.2) is 0 Å². The molecule has 0 aliphatic rings. The lowest BCUT2D eigenvalue weighted by Crippen LogP contribution is -1.90. The first kappa shape index (κ1) is 10.5. The van der Waals surface area contributed by atoms with Crippen LogP contribution in [0, 0.1) is 0 Å². The molecule has 0 saturated heterocycles. The molecule has 1 N–H and O–H groups in total. The number of nitrogens with one attached hydrogen (secondary N) is 1. The standard InChI is InChI=1S/C10H21N/c1-3-4-5-6-7-8-9-10-11-2/h9-11H,3-8H2,1-2H3/b10-9+. The van der Waals surface area contributed by atoms with Crippen LogP contribution in [0.15, 0.2) is 12.3 Å². The molecular weight excluding hydrogens is 134 g/mol. The highest BCUT2D eigenvalue weighted by atomic mass is 14.8. The predicted octanol–water partition coefficient (Wildman–Crippen LogP) is 3.08. The molecule has 0 rings (SSSR count). The van der Waals surface area contributed by atoms with Crippen LogP contribution < -0.4 is 5.32 Å². The van der Waals surface area contributed by atoms with E-state index in [1.807, 2.05) is 13.2 Å². The number of hydrogen-bond acceptors (Lipinski definition) is 1. The number of rotatable bonds is 7. The SMILES string of the molecule is CCCCCCC/C=C/NC. The van der Waals surface area contributed by atoms with E-state index in [2.05, 4.69) is 18.3 Å². The highest BCUT2D eigenvalue weighted by molar-refractivity contribution is 4.77. The van der Waals surface area contributed by atoms with Crippen LogP contribution in [0.4, 0.5) is 0 Å². The normalized spacial score (nSPS) is 10.7. The molecule has 0 spiro atoms. The minimum atomic E-state index is 1.23. The van der Waals surface area contributed by atoms with E-state index in [0.717, 1.165) is 0 Å².